The normalized spacial score (nSPS) is 12.5. The van der Waals surface area contributed by atoms with Gasteiger partial charge in [0, 0.05) is 21.7 Å². The summed E-state index contributed by atoms with van der Waals surface area (Å²) in [6.45, 7) is 1.57. The monoisotopic (exact) mass is 337 g/mol. The molecule has 3 aromatic rings. The molecule has 1 amide bonds. The molecule has 0 bridgehead atoms. The maximum atomic E-state index is 12.4. The van der Waals surface area contributed by atoms with Crippen LogP contribution in [0.4, 0.5) is 0 Å². The Morgan fingerprint density at radius 1 is 1.45 bits per heavy atom. The number of amides is 1. The number of aryl methyl sites for hydroxylation is 1. The number of hydroxylamine groups is 1. The highest BCUT2D eigenvalue weighted by Crippen LogP contribution is 2.35. The van der Waals surface area contributed by atoms with Crippen molar-refractivity contribution < 1.29 is 19.3 Å². The number of amidine groups is 1. The number of thiophene rings is 1. The minimum absolute atomic E-state index is 0.0782. The van der Waals surface area contributed by atoms with Gasteiger partial charge in [-0.3, -0.25) is 5.73 Å². The number of aromatic nitrogens is 2. The van der Waals surface area contributed by atoms with E-state index in [9.17, 15) is 10.0 Å². The SMILES string of the molecule is Cc1nc(C(N)=[N+](O)C(=O)c2sc3ccccc3c2Cl)no1. The minimum atomic E-state index is -0.758. The van der Waals surface area contributed by atoms with Crippen LogP contribution in [0.15, 0.2) is 28.8 Å². The number of hydrogen-bond acceptors (Lipinski definition) is 6. The van der Waals surface area contributed by atoms with Crippen LogP contribution >= 0.6 is 22.9 Å². The Labute approximate surface area is 133 Å². The zero-order valence-electron chi connectivity index (χ0n) is 11.3. The first-order chi connectivity index (χ1) is 10.5. The van der Waals surface area contributed by atoms with Crippen molar-refractivity contribution in [3.8, 4) is 0 Å². The van der Waals surface area contributed by atoms with E-state index in [1.165, 1.54) is 0 Å². The molecule has 112 valence electrons. The molecule has 0 aliphatic rings. The molecular weight excluding hydrogens is 328 g/mol. The maximum Gasteiger partial charge on any atom is 0.392 e. The summed E-state index contributed by atoms with van der Waals surface area (Å²) >= 11 is 7.36. The number of halogens is 1. The molecular formula is C13H10ClN4O3S+. The lowest BCUT2D eigenvalue weighted by molar-refractivity contribution is -0.698. The number of carbonyl (C=O) groups excluding carboxylic acids is 1. The molecule has 0 fully saturated rings. The number of nitrogens with zero attached hydrogens (tertiary/aromatic N) is 3. The van der Waals surface area contributed by atoms with Gasteiger partial charge in [-0.25, -0.2) is 4.79 Å². The third-order valence-electron chi connectivity index (χ3n) is 2.91. The lowest BCUT2D eigenvalue weighted by Crippen LogP contribution is -2.32. The molecule has 1 aromatic carbocycles. The Bertz CT molecular complexity index is 915. The predicted molar refractivity (Wildman–Crippen MR) is 80.5 cm³/mol. The quantitative estimate of drug-likeness (QED) is 0.185. The number of fused-ring (bicyclic) bond motifs is 1. The molecule has 9 heteroatoms. The zero-order chi connectivity index (χ0) is 15.9. The summed E-state index contributed by atoms with van der Waals surface area (Å²) in [5, 5.41) is 14.5. The molecule has 0 spiro atoms. The average molecular weight is 338 g/mol. The van der Waals surface area contributed by atoms with E-state index in [4.69, 9.17) is 21.9 Å². The standard InChI is InChI=1S/C13H9ClN4O3S/c1-6-16-12(17-21-6)11(15)18(20)13(19)10-9(14)7-4-2-3-5-8(7)22-10/h2-5,15,20H,1H3/p+1. The fourth-order valence-corrected chi connectivity index (χ4v) is 3.29. The van der Waals surface area contributed by atoms with Crippen molar-refractivity contribution in [2.75, 3.05) is 0 Å². The van der Waals surface area contributed by atoms with Crippen LogP contribution in [0.3, 0.4) is 0 Å². The van der Waals surface area contributed by atoms with Crippen molar-refractivity contribution in [3.63, 3.8) is 0 Å². The van der Waals surface area contributed by atoms with Crippen molar-refractivity contribution in [1.29, 1.82) is 0 Å². The molecule has 2 aromatic heterocycles. The van der Waals surface area contributed by atoms with E-state index >= 15 is 0 Å². The van der Waals surface area contributed by atoms with Gasteiger partial charge < -0.3 is 9.73 Å². The first-order valence-electron chi connectivity index (χ1n) is 6.12. The first kappa shape index (κ1) is 14.5. The first-order valence-corrected chi connectivity index (χ1v) is 7.32. The van der Waals surface area contributed by atoms with Crippen LogP contribution in [-0.2, 0) is 0 Å². The highest BCUT2D eigenvalue weighted by Gasteiger charge is 2.28. The summed E-state index contributed by atoms with van der Waals surface area (Å²) in [7, 11) is 0. The van der Waals surface area contributed by atoms with Crippen LogP contribution in [0.25, 0.3) is 10.1 Å². The summed E-state index contributed by atoms with van der Waals surface area (Å²) in [6.07, 6.45) is 0. The largest absolute Gasteiger partial charge is 0.392 e. The van der Waals surface area contributed by atoms with Crippen LogP contribution in [0.5, 0.6) is 0 Å². The molecule has 0 atom stereocenters. The van der Waals surface area contributed by atoms with Gasteiger partial charge >= 0.3 is 11.7 Å². The predicted octanol–water partition coefficient (Wildman–Crippen LogP) is 2.19. The summed E-state index contributed by atoms with van der Waals surface area (Å²) < 4.78 is 5.85. The van der Waals surface area contributed by atoms with Gasteiger partial charge in [0.2, 0.25) is 5.89 Å². The van der Waals surface area contributed by atoms with Gasteiger partial charge in [-0.1, -0.05) is 29.8 Å². The van der Waals surface area contributed by atoms with E-state index in [-0.39, 0.29) is 32.2 Å². The van der Waals surface area contributed by atoms with Crippen molar-refractivity contribution in [2.45, 2.75) is 6.92 Å². The molecule has 0 aliphatic heterocycles. The van der Waals surface area contributed by atoms with Crippen LogP contribution in [0.1, 0.15) is 21.4 Å². The summed E-state index contributed by atoms with van der Waals surface area (Å²) in [4.78, 5) is 16.4. The zero-order valence-corrected chi connectivity index (χ0v) is 12.9. The van der Waals surface area contributed by atoms with Gasteiger partial charge in [0.25, 0.3) is 5.82 Å². The lowest BCUT2D eigenvalue weighted by atomic mass is 10.2. The van der Waals surface area contributed by atoms with Gasteiger partial charge in [-0.05, 0) is 11.2 Å². The highest BCUT2D eigenvalue weighted by molar-refractivity contribution is 7.21. The molecule has 2 heterocycles. The Morgan fingerprint density at radius 3 is 2.82 bits per heavy atom. The third kappa shape index (κ3) is 2.32. The number of benzene rings is 1. The molecule has 3 rings (SSSR count). The second kappa shape index (κ2) is 5.39. The molecule has 3 N–H and O–H groups in total. The van der Waals surface area contributed by atoms with Crippen molar-refractivity contribution in [2.24, 2.45) is 5.73 Å². The Kier molecular flexibility index (Phi) is 3.55. The van der Waals surface area contributed by atoms with E-state index < -0.39 is 5.91 Å². The summed E-state index contributed by atoms with van der Waals surface area (Å²) in [6, 6.07) is 7.28. The Hall–Kier alpha value is -2.45. The van der Waals surface area contributed by atoms with E-state index in [1.54, 1.807) is 13.0 Å². The third-order valence-corrected chi connectivity index (χ3v) is 4.57. The van der Waals surface area contributed by atoms with Crippen LogP contribution in [0, 0.1) is 6.92 Å². The van der Waals surface area contributed by atoms with Gasteiger partial charge in [-0.2, -0.15) is 4.98 Å². The van der Waals surface area contributed by atoms with Crippen LogP contribution in [0.2, 0.25) is 5.02 Å². The van der Waals surface area contributed by atoms with E-state index in [1.807, 2.05) is 18.2 Å². The van der Waals surface area contributed by atoms with E-state index in [0.717, 1.165) is 21.4 Å². The molecule has 22 heavy (non-hydrogen) atoms. The van der Waals surface area contributed by atoms with Gasteiger partial charge in [0.15, 0.2) is 0 Å². The van der Waals surface area contributed by atoms with E-state index in [2.05, 4.69) is 10.1 Å². The fraction of sp³-hybridized carbons (Fsp3) is 0.0769. The number of nitrogens with two attached hydrogens (primary N) is 1. The fourth-order valence-electron chi connectivity index (χ4n) is 1.86. The number of carbonyl (C=O) groups is 1. The number of hydrogen-bond donors (Lipinski definition) is 2. The second-order valence-corrected chi connectivity index (χ2v) is 5.81. The highest BCUT2D eigenvalue weighted by atomic mass is 35.5. The van der Waals surface area contributed by atoms with Gasteiger partial charge in [0.05, 0.1) is 5.02 Å². The Balaban J connectivity index is 2.07. The van der Waals surface area contributed by atoms with Crippen LogP contribution < -0.4 is 5.73 Å². The van der Waals surface area contributed by atoms with Crippen molar-refractivity contribution >= 4 is 44.8 Å². The van der Waals surface area contributed by atoms with Gasteiger partial charge in [0.1, 0.15) is 4.88 Å². The molecule has 0 saturated heterocycles. The molecule has 0 aliphatic carbocycles. The number of rotatable bonds is 2. The van der Waals surface area contributed by atoms with Crippen LogP contribution in [-0.4, -0.2) is 31.8 Å². The van der Waals surface area contributed by atoms with Crippen molar-refractivity contribution in [3.05, 3.63) is 45.9 Å². The average Bonchev–Trinajstić information content (AvgIpc) is 3.10. The molecule has 0 radical (unpaired) electrons. The smallest absolute Gasteiger partial charge is 0.346 e. The van der Waals surface area contributed by atoms with Gasteiger partial charge in [-0.15, -0.1) is 11.3 Å². The molecule has 0 saturated carbocycles. The summed E-state index contributed by atoms with van der Waals surface area (Å²) in [5.74, 6) is -0.911. The lowest BCUT2D eigenvalue weighted by Gasteiger charge is -1.96. The topological polar surface area (TPSA) is 105 Å². The minimum Gasteiger partial charge on any atom is -0.346 e. The van der Waals surface area contributed by atoms with Crippen molar-refractivity contribution in [1.82, 2.24) is 10.1 Å². The maximum absolute atomic E-state index is 12.4. The molecule has 7 nitrogen and oxygen atoms in total. The summed E-state index contributed by atoms with van der Waals surface area (Å²) in [5.41, 5.74) is 5.68. The molecule has 0 unspecified atom stereocenters. The Morgan fingerprint density at radius 2 is 2.18 bits per heavy atom. The second-order valence-electron chi connectivity index (χ2n) is 4.38. The van der Waals surface area contributed by atoms with E-state index in [0.29, 0.717) is 0 Å².